The molecular formula is C13H19N3OS. The number of nitrogens with zero attached hydrogens (tertiary/aromatic N) is 1. The Kier molecular flexibility index (Phi) is 5.04. The van der Waals surface area contributed by atoms with Crippen LogP contribution in [0.1, 0.15) is 0 Å². The Hall–Kier alpha value is -1.04. The van der Waals surface area contributed by atoms with Gasteiger partial charge in [0.25, 0.3) is 0 Å². The van der Waals surface area contributed by atoms with E-state index in [-0.39, 0.29) is 5.91 Å². The van der Waals surface area contributed by atoms with Crippen LogP contribution in [0.3, 0.4) is 0 Å². The fourth-order valence-electron chi connectivity index (χ4n) is 1.97. The molecule has 1 aromatic carbocycles. The molecule has 0 unspecified atom stereocenters. The maximum Gasteiger partial charge on any atom is 0.238 e. The van der Waals surface area contributed by atoms with Crippen LogP contribution in [0.15, 0.2) is 29.2 Å². The number of amides is 1. The van der Waals surface area contributed by atoms with E-state index < -0.39 is 0 Å². The maximum absolute atomic E-state index is 11.9. The third-order valence-corrected chi connectivity index (χ3v) is 3.66. The smallest absolute Gasteiger partial charge is 0.238 e. The zero-order valence-corrected chi connectivity index (χ0v) is 11.4. The first kappa shape index (κ1) is 13.4. The summed E-state index contributed by atoms with van der Waals surface area (Å²) in [6.45, 7) is 4.30. The van der Waals surface area contributed by atoms with Crippen molar-refractivity contribution in [3.8, 4) is 0 Å². The van der Waals surface area contributed by atoms with Crippen LogP contribution in [0.2, 0.25) is 0 Å². The number of benzene rings is 1. The lowest BCUT2D eigenvalue weighted by molar-refractivity contribution is -0.117. The van der Waals surface area contributed by atoms with E-state index in [9.17, 15) is 4.79 Å². The molecule has 98 valence electrons. The molecular weight excluding hydrogens is 246 g/mol. The molecule has 1 heterocycles. The Labute approximate surface area is 112 Å². The molecule has 18 heavy (non-hydrogen) atoms. The molecule has 1 aliphatic heterocycles. The van der Waals surface area contributed by atoms with Crippen molar-refractivity contribution in [2.45, 2.75) is 4.90 Å². The van der Waals surface area contributed by atoms with Crippen LogP contribution in [0, 0.1) is 0 Å². The second-order valence-corrected chi connectivity index (χ2v) is 5.19. The fourth-order valence-corrected chi connectivity index (χ4v) is 2.43. The van der Waals surface area contributed by atoms with E-state index in [2.05, 4.69) is 15.5 Å². The van der Waals surface area contributed by atoms with Crippen LogP contribution < -0.4 is 10.6 Å². The summed E-state index contributed by atoms with van der Waals surface area (Å²) >= 11 is 1.68. The van der Waals surface area contributed by atoms with Gasteiger partial charge in [-0.25, -0.2) is 0 Å². The summed E-state index contributed by atoms with van der Waals surface area (Å²) in [7, 11) is 0. The molecule has 0 bridgehead atoms. The number of carbonyl (C=O) groups is 1. The van der Waals surface area contributed by atoms with Crippen molar-refractivity contribution in [2.24, 2.45) is 0 Å². The zero-order valence-electron chi connectivity index (χ0n) is 10.6. The largest absolute Gasteiger partial charge is 0.325 e. The van der Waals surface area contributed by atoms with Crippen LogP contribution in [0.4, 0.5) is 5.69 Å². The molecule has 0 aromatic heterocycles. The van der Waals surface area contributed by atoms with Crippen molar-refractivity contribution in [3.05, 3.63) is 24.3 Å². The van der Waals surface area contributed by atoms with Crippen molar-refractivity contribution in [1.29, 1.82) is 0 Å². The Morgan fingerprint density at radius 1 is 1.44 bits per heavy atom. The molecule has 0 spiro atoms. The fraction of sp³-hybridized carbons (Fsp3) is 0.462. The van der Waals surface area contributed by atoms with E-state index in [1.165, 1.54) is 0 Å². The summed E-state index contributed by atoms with van der Waals surface area (Å²) in [6.07, 6.45) is 2.03. The highest BCUT2D eigenvalue weighted by molar-refractivity contribution is 7.98. The number of carbonyl (C=O) groups excluding carboxylic acids is 1. The first-order chi connectivity index (χ1) is 8.78. The molecule has 1 aliphatic rings. The molecule has 0 atom stereocenters. The predicted molar refractivity (Wildman–Crippen MR) is 76.2 cm³/mol. The van der Waals surface area contributed by atoms with E-state index in [0.717, 1.165) is 36.8 Å². The molecule has 4 nitrogen and oxygen atoms in total. The van der Waals surface area contributed by atoms with Gasteiger partial charge in [0.2, 0.25) is 5.91 Å². The van der Waals surface area contributed by atoms with Gasteiger partial charge in [0.05, 0.1) is 6.54 Å². The lowest BCUT2D eigenvalue weighted by Crippen LogP contribution is -2.46. The normalized spacial score (nSPS) is 16.5. The summed E-state index contributed by atoms with van der Waals surface area (Å²) in [5.41, 5.74) is 0.877. The molecule has 1 fully saturated rings. The Balaban J connectivity index is 1.85. The quantitative estimate of drug-likeness (QED) is 0.804. The number of hydrogen-bond donors (Lipinski definition) is 2. The highest BCUT2D eigenvalue weighted by atomic mass is 32.2. The van der Waals surface area contributed by atoms with Gasteiger partial charge in [-0.05, 0) is 24.5 Å². The minimum absolute atomic E-state index is 0.0650. The molecule has 5 heteroatoms. The SMILES string of the molecule is CSc1cccc(NC(=O)CN2CCNCC2)c1. The average molecular weight is 265 g/mol. The zero-order chi connectivity index (χ0) is 12.8. The minimum Gasteiger partial charge on any atom is -0.325 e. The predicted octanol–water partition coefficient (Wildman–Crippen LogP) is 1.25. The van der Waals surface area contributed by atoms with Gasteiger partial charge in [0, 0.05) is 36.8 Å². The van der Waals surface area contributed by atoms with E-state index >= 15 is 0 Å². The topological polar surface area (TPSA) is 44.4 Å². The highest BCUT2D eigenvalue weighted by Gasteiger charge is 2.13. The summed E-state index contributed by atoms with van der Waals surface area (Å²) in [5, 5.41) is 6.23. The lowest BCUT2D eigenvalue weighted by Gasteiger charge is -2.26. The summed E-state index contributed by atoms with van der Waals surface area (Å²) in [4.78, 5) is 15.2. The molecule has 0 aliphatic carbocycles. The van der Waals surface area contributed by atoms with Gasteiger partial charge in [-0.1, -0.05) is 6.07 Å². The third kappa shape index (κ3) is 4.01. The lowest BCUT2D eigenvalue weighted by atomic mass is 10.3. The number of thioether (sulfide) groups is 1. The van der Waals surface area contributed by atoms with Crippen molar-refractivity contribution in [2.75, 3.05) is 44.3 Å². The molecule has 1 amide bonds. The number of hydrogen-bond acceptors (Lipinski definition) is 4. The summed E-state index contributed by atoms with van der Waals surface area (Å²) in [6, 6.07) is 7.93. The van der Waals surface area contributed by atoms with E-state index in [1.807, 2.05) is 30.5 Å². The van der Waals surface area contributed by atoms with Gasteiger partial charge in [-0.2, -0.15) is 0 Å². The minimum atomic E-state index is 0.0650. The number of nitrogens with one attached hydrogen (secondary N) is 2. The van der Waals surface area contributed by atoms with Gasteiger partial charge in [-0.15, -0.1) is 11.8 Å². The second-order valence-electron chi connectivity index (χ2n) is 4.31. The Morgan fingerprint density at radius 3 is 2.94 bits per heavy atom. The first-order valence-corrected chi connectivity index (χ1v) is 7.37. The number of piperazine rings is 1. The standard InChI is InChI=1S/C13H19N3OS/c1-18-12-4-2-3-11(9-12)15-13(17)10-16-7-5-14-6-8-16/h2-4,9,14H,5-8,10H2,1H3,(H,15,17). The molecule has 0 radical (unpaired) electrons. The van der Waals surface area contributed by atoms with Crippen molar-refractivity contribution in [1.82, 2.24) is 10.2 Å². The van der Waals surface area contributed by atoms with Crippen LogP contribution in [-0.2, 0) is 4.79 Å². The van der Waals surface area contributed by atoms with Crippen molar-refractivity contribution < 1.29 is 4.79 Å². The van der Waals surface area contributed by atoms with Crippen LogP contribution in [0.5, 0.6) is 0 Å². The van der Waals surface area contributed by atoms with Gasteiger partial charge >= 0.3 is 0 Å². The van der Waals surface area contributed by atoms with E-state index in [1.54, 1.807) is 11.8 Å². The average Bonchev–Trinajstić information content (AvgIpc) is 2.40. The van der Waals surface area contributed by atoms with Gasteiger partial charge in [0.15, 0.2) is 0 Å². The van der Waals surface area contributed by atoms with Gasteiger partial charge in [0.1, 0.15) is 0 Å². The maximum atomic E-state index is 11.9. The summed E-state index contributed by atoms with van der Waals surface area (Å²) in [5.74, 6) is 0.0650. The Morgan fingerprint density at radius 2 is 2.22 bits per heavy atom. The van der Waals surface area contributed by atoms with E-state index in [4.69, 9.17) is 0 Å². The Bertz CT molecular complexity index is 405. The molecule has 2 rings (SSSR count). The van der Waals surface area contributed by atoms with Crippen molar-refractivity contribution >= 4 is 23.4 Å². The molecule has 1 aromatic rings. The van der Waals surface area contributed by atoms with Gasteiger partial charge in [-0.3, -0.25) is 9.69 Å². The number of anilines is 1. The highest BCUT2D eigenvalue weighted by Crippen LogP contribution is 2.18. The van der Waals surface area contributed by atoms with Crippen molar-refractivity contribution in [3.63, 3.8) is 0 Å². The third-order valence-electron chi connectivity index (χ3n) is 2.93. The van der Waals surface area contributed by atoms with Crippen LogP contribution >= 0.6 is 11.8 Å². The molecule has 0 saturated carbocycles. The van der Waals surface area contributed by atoms with Gasteiger partial charge < -0.3 is 10.6 Å². The monoisotopic (exact) mass is 265 g/mol. The van der Waals surface area contributed by atoms with Crippen LogP contribution in [0.25, 0.3) is 0 Å². The summed E-state index contributed by atoms with van der Waals surface area (Å²) < 4.78 is 0. The molecule has 2 N–H and O–H groups in total. The number of rotatable bonds is 4. The van der Waals surface area contributed by atoms with E-state index in [0.29, 0.717) is 6.54 Å². The second kappa shape index (κ2) is 6.78. The molecule has 1 saturated heterocycles. The van der Waals surface area contributed by atoms with Crippen LogP contribution in [-0.4, -0.2) is 49.8 Å². The first-order valence-electron chi connectivity index (χ1n) is 6.15.